The molecule has 3 N–H and O–H groups in total. The zero-order valence-corrected chi connectivity index (χ0v) is 14.4. The SMILES string of the molecule is CSCC(C)(O)CNCC(O)c1ccc(CC(C)C)cc1. The number of aliphatic hydroxyl groups is 2. The van der Waals surface area contributed by atoms with E-state index in [0.717, 1.165) is 12.0 Å². The average Bonchev–Trinajstić information content (AvgIpc) is 2.38. The zero-order valence-electron chi connectivity index (χ0n) is 13.6. The summed E-state index contributed by atoms with van der Waals surface area (Å²) in [5, 5.41) is 23.4. The van der Waals surface area contributed by atoms with Crippen LogP contribution in [0.3, 0.4) is 0 Å². The van der Waals surface area contributed by atoms with E-state index in [9.17, 15) is 10.2 Å². The molecule has 0 spiro atoms. The Kier molecular flexibility index (Phi) is 7.74. The molecule has 120 valence electrons. The van der Waals surface area contributed by atoms with Crippen LogP contribution in [-0.4, -0.2) is 40.9 Å². The number of rotatable bonds is 9. The van der Waals surface area contributed by atoms with Crippen molar-refractivity contribution in [1.29, 1.82) is 0 Å². The maximum absolute atomic E-state index is 10.2. The number of hydrogen-bond acceptors (Lipinski definition) is 4. The highest BCUT2D eigenvalue weighted by Gasteiger charge is 2.19. The van der Waals surface area contributed by atoms with Crippen LogP contribution in [0.2, 0.25) is 0 Å². The van der Waals surface area contributed by atoms with E-state index in [2.05, 4.69) is 31.3 Å². The van der Waals surface area contributed by atoms with Crippen LogP contribution < -0.4 is 5.32 Å². The maximum Gasteiger partial charge on any atom is 0.0914 e. The number of benzene rings is 1. The smallest absolute Gasteiger partial charge is 0.0914 e. The largest absolute Gasteiger partial charge is 0.388 e. The van der Waals surface area contributed by atoms with Crippen molar-refractivity contribution in [3.05, 3.63) is 35.4 Å². The van der Waals surface area contributed by atoms with E-state index in [1.807, 2.05) is 25.3 Å². The van der Waals surface area contributed by atoms with Crippen molar-refractivity contribution in [3.8, 4) is 0 Å². The summed E-state index contributed by atoms with van der Waals surface area (Å²) < 4.78 is 0. The molecule has 0 saturated carbocycles. The van der Waals surface area contributed by atoms with Gasteiger partial charge in [-0.3, -0.25) is 0 Å². The Morgan fingerprint density at radius 3 is 2.38 bits per heavy atom. The Hall–Kier alpha value is -0.550. The van der Waals surface area contributed by atoms with Crippen LogP contribution in [0.4, 0.5) is 0 Å². The van der Waals surface area contributed by atoms with Crippen molar-refractivity contribution in [2.75, 3.05) is 25.1 Å². The van der Waals surface area contributed by atoms with Crippen molar-refractivity contribution < 1.29 is 10.2 Å². The fraction of sp³-hybridized carbons (Fsp3) is 0.647. The Labute approximate surface area is 133 Å². The molecule has 2 atom stereocenters. The molecule has 4 heteroatoms. The second kappa shape index (κ2) is 8.79. The lowest BCUT2D eigenvalue weighted by molar-refractivity contribution is 0.0786. The summed E-state index contributed by atoms with van der Waals surface area (Å²) in [4.78, 5) is 0. The molecule has 0 aliphatic heterocycles. The van der Waals surface area contributed by atoms with E-state index in [4.69, 9.17) is 0 Å². The predicted molar refractivity (Wildman–Crippen MR) is 91.8 cm³/mol. The van der Waals surface area contributed by atoms with Crippen LogP contribution in [0.1, 0.15) is 38.0 Å². The molecule has 21 heavy (non-hydrogen) atoms. The number of thioether (sulfide) groups is 1. The van der Waals surface area contributed by atoms with E-state index in [-0.39, 0.29) is 0 Å². The molecule has 0 bridgehead atoms. The van der Waals surface area contributed by atoms with Gasteiger partial charge in [-0.1, -0.05) is 38.1 Å². The van der Waals surface area contributed by atoms with E-state index in [1.165, 1.54) is 5.56 Å². The Morgan fingerprint density at radius 2 is 1.86 bits per heavy atom. The van der Waals surface area contributed by atoms with Crippen LogP contribution in [0, 0.1) is 5.92 Å². The zero-order chi connectivity index (χ0) is 15.9. The third-order valence-corrected chi connectivity index (χ3v) is 4.22. The van der Waals surface area contributed by atoms with Gasteiger partial charge >= 0.3 is 0 Å². The normalized spacial score (nSPS) is 16.0. The number of hydrogen-bond donors (Lipinski definition) is 3. The molecule has 0 radical (unpaired) electrons. The van der Waals surface area contributed by atoms with E-state index in [1.54, 1.807) is 11.8 Å². The summed E-state index contributed by atoms with van der Waals surface area (Å²) in [6.45, 7) is 7.15. The molecular formula is C17H29NO2S. The van der Waals surface area contributed by atoms with Gasteiger partial charge in [0.1, 0.15) is 0 Å². The van der Waals surface area contributed by atoms with Gasteiger partial charge in [0.25, 0.3) is 0 Å². The predicted octanol–water partition coefficient (Wildman–Crippen LogP) is 2.62. The molecule has 0 saturated heterocycles. The first-order valence-corrected chi connectivity index (χ1v) is 8.92. The lowest BCUT2D eigenvalue weighted by Gasteiger charge is -2.23. The van der Waals surface area contributed by atoms with Crippen LogP contribution in [-0.2, 0) is 6.42 Å². The molecule has 0 aromatic heterocycles. The second-order valence-corrected chi connectivity index (χ2v) is 7.28. The Morgan fingerprint density at radius 1 is 1.24 bits per heavy atom. The third-order valence-electron chi connectivity index (χ3n) is 3.31. The molecule has 0 fully saturated rings. The van der Waals surface area contributed by atoms with Gasteiger partial charge in [0.05, 0.1) is 11.7 Å². The quantitative estimate of drug-likeness (QED) is 0.656. The minimum atomic E-state index is -0.736. The molecule has 0 aliphatic rings. The standard InChI is InChI=1S/C17H29NO2S/c1-13(2)9-14-5-7-15(8-6-14)16(19)10-18-11-17(3,20)12-21-4/h5-8,13,16,18-20H,9-12H2,1-4H3. The highest BCUT2D eigenvalue weighted by Crippen LogP contribution is 2.16. The van der Waals surface area contributed by atoms with Crippen LogP contribution in [0.5, 0.6) is 0 Å². The van der Waals surface area contributed by atoms with Crippen molar-refractivity contribution in [1.82, 2.24) is 5.32 Å². The monoisotopic (exact) mass is 311 g/mol. The summed E-state index contributed by atoms with van der Waals surface area (Å²) in [6, 6.07) is 8.15. The third kappa shape index (κ3) is 7.32. The summed E-state index contributed by atoms with van der Waals surface area (Å²) in [7, 11) is 0. The first-order chi connectivity index (χ1) is 9.84. The highest BCUT2D eigenvalue weighted by atomic mass is 32.2. The molecule has 2 unspecified atom stereocenters. The Balaban J connectivity index is 2.43. The lowest BCUT2D eigenvalue weighted by Crippen LogP contribution is -2.41. The van der Waals surface area contributed by atoms with Gasteiger partial charge < -0.3 is 15.5 Å². The van der Waals surface area contributed by atoms with Crippen LogP contribution in [0.25, 0.3) is 0 Å². The first-order valence-electron chi connectivity index (χ1n) is 7.53. The van der Waals surface area contributed by atoms with Gasteiger partial charge in [0.15, 0.2) is 0 Å². The summed E-state index contributed by atoms with van der Waals surface area (Å²) in [5.74, 6) is 1.32. The lowest BCUT2D eigenvalue weighted by atomic mass is 10.00. The Bertz CT molecular complexity index is 404. The van der Waals surface area contributed by atoms with Crippen molar-refractivity contribution >= 4 is 11.8 Å². The van der Waals surface area contributed by atoms with E-state index < -0.39 is 11.7 Å². The van der Waals surface area contributed by atoms with Crippen molar-refractivity contribution in [2.24, 2.45) is 5.92 Å². The van der Waals surface area contributed by atoms with Crippen molar-refractivity contribution in [3.63, 3.8) is 0 Å². The minimum Gasteiger partial charge on any atom is -0.388 e. The van der Waals surface area contributed by atoms with E-state index in [0.29, 0.717) is 24.8 Å². The van der Waals surface area contributed by atoms with Crippen LogP contribution >= 0.6 is 11.8 Å². The van der Waals surface area contributed by atoms with Gasteiger partial charge in [-0.25, -0.2) is 0 Å². The summed E-state index contributed by atoms with van der Waals surface area (Å²) >= 11 is 1.62. The molecule has 0 heterocycles. The molecule has 0 aliphatic carbocycles. The second-order valence-electron chi connectivity index (χ2n) is 6.42. The minimum absolute atomic E-state index is 0.452. The van der Waals surface area contributed by atoms with Crippen LogP contribution in [0.15, 0.2) is 24.3 Å². The maximum atomic E-state index is 10.2. The fourth-order valence-corrected chi connectivity index (χ4v) is 3.03. The van der Waals surface area contributed by atoms with Gasteiger partial charge in [0, 0.05) is 18.8 Å². The van der Waals surface area contributed by atoms with Gasteiger partial charge in [0.2, 0.25) is 0 Å². The average molecular weight is 311 g/mol. The highest BCUT2D eigenvalue weighted by molar-refractivity contribution is 7.98. The van der Waals surface area contributed by atoms with Crippen molar-refractivity contribution in [2.45, 2.75) is 38.9 Å². The molecule has 1 aromatic rings. The topological polar surface area (TPSA) is 52.5 Å². The molecule has 1 aromatic carbocycles. The fourth-order valence-electron chi connectivity index (χ4n) is 2.31. The number of nitrogens with one attached hydrogen (secondary N) is 1. The molecular weight excluding hydrogens is 282 g/mol. The first kappa shape index (κ1) is 18.5. The van der Waals surface area contributed by atoms with Gasteiger partial charge in [-0.05, 0) is 36.6 Å². The summed E-state index contributed by atoms with van der Waals surface area (Å²) in [6.07, 6.45) is 2.50. The summed E-state index contributed by atoms with van der Waals surface area (Å²) in [5.41, 5.74) is 1.48. The van der Waals surface area contributed by atoms with Gasteiger partial charge in [-0.2, -0.15) is 11.8 Å². The molecule has 1 rings (SSSR count). The number of aliphatic hydroxyl groups excluding tert-OH is 1. The van der Waals surface area contributed by atoms with E-state index >= 15 is 0 Å². The van der Waals surface area contributed by atoms with Gasteiger partial charge in [-0.15, -0.1) is 0 Å². The molecule has 0 amide bonds. The molecule has 3 nitrogen and oxygen atoms in total.